The molecule has 0 saturated heterocycles. The zero-order valence-electron chi connectivity index (χ0n) is 11.8. The first-order valence-electron chi connectivity index (χ1n) is 7.90. The van der Waals surface area contributed by atoms with Crippen molar-refractivity contribution >= 4 is 23.2 Å². The van der Waals surface area contributed by atoms with E-state index in [0.717, 1.165) is 36.1 Å². The Morgan fingerprint density at radius 3 is 2.45 bits per heavy atom. The van der Waals surface area contributed by atoms with E-state index in [-0.39, 0.29) is 0 Å². The molecule has 5 atom stereocenters. The van der Waals surface area contributed by atoms with Gasteiger partial charge in [0.1, 0.15) is 0 Å². The van der Waals surface area contributed by atoms with Gasteiger partial charge in [-0.25, -0.2) is 0 Å². The molecule has 4 rings (SSSR count). The van der Waals surface area contributed by atoms with Gasteiger partial charge in [0.05, 0.1) is 10.0 Å². The van der Waals surface area contributed by atoms with E-state index in [1.165, 1.54) is 24.8 Å². The van der Waals surface area contributed by atoms with Crippen molar-refractivity contribution in [1.82, 2.24) is 5.32 Å². The van der Waals surface area contributed by atoms with Crippen LogP contribution in [-0.2, 0) is 0 Å². The third-order valence-electron chi connectivity index (χ3n) is 5.88. The number of hydrogen-bond donors (Lipinski definition) is 1. The molecule has 3 saturated carbocycles. The molecule has 0 radical (unpaired) electrons. The molecule has 5 unspecified atom stereocenters. The maximum absolute atomic E-state index is 6.16. The number of halogens is 2. The first-order chi connectivity index (χ1) is 9.69. The zero-order valence-corrected chi connectivity index (χ0v) is 13.3. The first-order valence-corrected chi connectivity index (χ1v) is 8.65. The van der Waals surface area contributed by atoms with Crippen LogP contribution in [0.5, 0.6) is 0 Å². The predicted molar refractivity (Wildman–Crippen MR) is 84.2 cm³/mol. The average molecular weight is 310 g/mol. The normalized spacial score (nSPS) is 38.9. The lowest BCUT2D eigenvalue weighted by Gasteiger charge is -2.20. The highest BCUT2D eigenvalue weighted by Gasteiger charge is 2.64. The third kappa shape index (κ3) is 2.01. The summed E-state index contributed by atoms with van der Waals surface area (Å²) < 4.78 is 0. The minimum Gasteiger partial charge on any atom is -0.307 e. The monoisotopic (exact) mass is 309 g/mol. The average Bonchev–Trinajstić information content (AvgIpc) is 2.82. The Morgan fingerprint density at radius 2 is 1.85 bits per heavy atom. The van der Waals surface area contributed by atoms with Crippen molar-refractivity contribution in [1.29, 1.82) is 0 Å². The Balaban J connectivity index is 1.48. The molecule has 20 heavy (non-hydrogen) atoms. The van der Waals surface area contributed by atoms with Crippen LogP contribution in [0.2, 0.25) is 10.0 Å². The Labute approximate surface area is 131 Å². The largest absolute Gasteiger partial charge is 0.307 e. The molecule has 1 N–H and O–H groups in total. The second kappa shape index (κ2) is 4.90. The smallest absolute Gasteiger partial charge is 0.0595 e. The first kappa shape index (κ1) is 13.4. The van der Waals surface area contributed by atoms with E-state index < -0.39 is 0 Å². The summed E-state index contributed by atoms with van der Waals surface area (Å²) in [6.45, 7) is 2.24. The molecule has 0 heterocycles. The maximum Gasteiger partial charge on any atom is 0.0595 e. The van der Waals surface area contributed by atoms with Gasteiger partial charge in [0, 0.05) is 12.1 Å². The highest BCUT2D eigenvalue weighted by Crippen LogP contribution is 2.66. The fourth-order valence-corrected chi connectivity index (χ4v) is 5.27. The van der Waals surface area contributed by atoms with Gasteiger partial charge in [-0.3, -0.25) is 0 Å². The number of hydrogen-bond acceptors (Lipinski definition) is 1. The molecular formula is C17H21Cl2N. The van der Waals surface area contributed by atoms with Crippen LogP contribution in [0.1, 0.15) is 44.2 Å². The van der Waals surface area contributed by atoms with Crippen LogP contribution in [0.25, 0.3) is 0 Å². The van der Waals surface area contributed by atoms with Crippen LogP contribution in [0, 0.1) is 23.7 Å². The molecule has 3 fully saturated rings. The summed E-state index contributed by atoms with van der Waals surface area (Å²) in [5.74, 6) is 4.00. The molecule has 0 amide bonds. The van der Waals surface area contributed by atoms with E-state index >= 15 is 0 Å². The van der Waals surface area contributed by atoms with Gasteiger partial charge in [-0.05, 0) is 67.1 Å². The molecule has 1 aromatic rings. The van der Waals surface area contributed by atoms with E-state index in [1.807, 2.05) is 12.1 Å². The number of benzene rings is 1. The number of rotatable bonds is 4. The topological polar surface area (TPSA) is 12.0 Å². The Morgan fingerprint density at radius 1 is 1.15 bits per heavy atom. The summed E-state index contributed by atoms with van der Waals surface area (Å²) in [5.41, 5.74) is 1.28. The lowest BCUT2D eigenvalue weighted by atomic mass is 10.0. The summed E-state index contributed by atoms with van der Waals surface area (Å²) in [6, 6.07) is 7.24. The molecule has 2 bridgehead atoms. The minimum absolute atomic E-state index is 0.416. The van der Waals surface area contributed by atoms with Crippen molar-refractivity contribution in [3.8, 4) is 0 Å². The third-order valence-corrected chi connectivity index (χ3v) is 6.62. The SMILES string of the molecule is CCC(NC1C2C3CCC(C3)C12)c1ccc(Cl)c(Cl)c1. The summed E-state index contributed by atoms with van der Waals surface area (Å²) in [7, 11) is 0. The van der Waals surface area contributed by atoms with Crippen LogP contribution in [0.15, 0.2) is 18.2 Å². The van der Waals surface area contributed by atoms with Gasteiger partial charge < -0.3 is 5.32 Å². The highest BCUT2D eigenvalue weighted by molar-refractivity contribution is 6.42. The number of fused-ring (bicyclic) bond motifs is 5. The van der Waals surface area contributed by atoms with Crippen molar-refractivity contribution < 1.29 is 0 Å². The summed E-state index contributed by atoms with van der Waals surface area (Å²) in [5, 5.41) is 5.22. The molecule has 1 aromatic carbocycles. The van der Waals surface area contributed by atoms with E-state index in [4.69, 9.17) is 23.2 Å². The second-order valence-electron chi connectivity index (χ2n) is 6.81. The molecule has 3 aliphatic rings. The van der Waals surface area contributed by atoms with E-state index in [2.05, 4.69) is 18.3 Å². The fraction of sp³-hybridized carbons (Fsp3) is 0.647. The van der Waals surface area contributed by atoms with Crippen LogP contribution < -0.4 is 5.32 Å². The quantitative estimate of drug-likeness (QED) is 0.818. The van der Waals surface area contributed by atoms with Gasteiger partial charge in [0.15, 0.2) is 0 Å². The van der Waals surface area contributed by atoms with Crippen LogP contribution >= 0.6 is 23.2 Å². The predicted octanol–water partition coefficient (Wildman–Crippen LogP) is 5.08. The van der Waals surface area contributed by atoms with E-state index in [0.29, 0.717) is 16.1 Å². The standard InChI is InChI=1S/C17H21Cl2N/c1-2-14(9-5-6-12(18)13(19)8-9)20-17-15-10-3-4-11(7-10)16(15)17/h5-6,8,10-11,14-17,20H,2-4,7H2,1H3. The molecule has 0 spiro atoms. The minimum atomic E-state index is 0.416. The molecule has 3 aliphatic carbocycles. The second-order valence-corrected chi connectivity index (χ2v) is 7.63. The van der Waals surface area contributed by atoms with Crippen LogP contribution in [0.3, 0.4) is 0 Å². The molecule has 1 nitrogen and oxygen atoms in total. The molecule has 0 aromatic heterocycles. The van der Waals surface area contributed by atoms with E-state index in [9.17, 15) is 0 Å². The summed E-state index contributed by atoms with van der Waals surface area (Å²) >= 11 is 12.2. The van der Waals surface area contributed by atoms with Gasteiger partial charge in [-0.15, -0.1) is 0 Å². The summed E-state index contributed by atoms with van der Waals surface area (Å²) in [4.78, 5) is 0. The lowest BCUT2D eigenvalue weighted by molar-refractivity contribution is 0.415. The van der Waals surface area contributed by atoms with Crippen molar-refractivity contribution in [2.75, 3.05) is 0 Å². The fourth-order valence-electron chi connectivity index (χ4n) is 4.96. The van der Waals surface area contributed by atoms with E-state index in [1.54, 1.807) is 0 Å². The molecule has 108 valence electrons. The van der Waals surface area contributed by atoms with Crippen LogP contribution in [-0.4, -0.2) is 6.04 Å². The Bertz CT molecular complexity index is 514. The molecule has 3 heteroatoms. The highest BCUT2D eigenvalue weighted by atomic mass is 35.5. The van der Waals surface area contributed by atoms with Gasteiger partial charge >= 0.3 is 0 Å². The van der Waals surface area contributed by atoms with Crippen molar-refractivity contribution in [2.45, 2.75) is 44.7 Å². The maximum atomic E-state index is 6.16. The lowest BCUT2D eigenvalue weighted by Crippen LogP contribution is -2.27. The van der Waals surface area contributed by atoms with Crippen molar-refractivity contribution in [2.24, 2.45) is 23.7 Å². The van der Waals surface area contributed by atoms with Crippen LogP contribution in [0.4, 0.5) is 0 Å². The zero-order chi connectivity index (χ0) is 13.9. The van der Waals surface area contributed by atoms with Crippen molar-refractivity contribution in [3.63, 3.8) is 0 Å². The molecular weight excluding hydrogens is 289 g/mol. The van der Waals surface area contributed by atoms with Gasteiger partial charge in [-0.1, -0.05) is 36.2 Å². The van der Waals surface area contributed by atoms with Gasteiger partial charge in [0.2, 0.25) is 0 Å². The summed E-state index contributed by atoms with van der Waals surface area (Å²) in [6.07, 6.45) is 5.57. The van der Waals surface area contributed by atoms with Crippen molar-refractivity contribution in [3.05, 3.63) is 33.8 Å². The van der Waals surface area contributed by atoms with Gasteiger partial charge in [0.25, 0.3) is 0 Å². The Hall–Kier alpha value is -0.240. The molecule has 0 aliphatic heterocycles. The van der Waals surface area contributed by atoms with Gasteiger partial charge in [-0.2, -0.15) is 0 Å². The Kier molecular flexibility index (Phi) is 3.29. The number of nitrogens with one attached hydrogen (secondary N) is 1.